The van der Waals surface area contributed by atoms with E-state index in [0.717, 1.165) is 0 Å². The van der Waals surface area contributed by atoms with Crippen molar-refractivity contribution >= 4 is 35.1 Å². The lowest BCUT2D eigenvalue weighted by Gasteiger charge is -2.32. The minimum Gasteiger partial charge on any atom is -0.479 e. The Morgan fingerprint density at radius 1 is 1.13 bits per heavy atom. The number of nitrogens with one attached hydrogen (secondary N) is 1. The van der Waals surface area contributed by atoms with E-state index in [4.69, 9.17) is 14.6 Å². The molecule has 2 amide bonds. The standard InChI is InChI=1S/C22H22N2O7/c1-12(2)30-22(29)14-4-7-16(8-5-14)23-19(25)11-24-17-9-6-15(21(27)28)10-18(17)31-13(3)20(24)26/h4-10,12-13H,11H2,1-3H3,(H,23,25)(H,27,28). The predicted octanol–water partition coefficient (Wildman–Crippen LogP) is 2.70. The molecule has 0 spiro atoms. The summed E-state index contributed by atoms with van der Waals surface area (Å²) in [5.41, 5.74) is 1.13. The quantitative estimate of drug-likeness (QED) is 0.681. The molecule has 2 N–H and O–H groups in total. The van der Waals surface area contributed by atoms with Crippen molar-refractivity contribution in [3.63, 3.8) is 0 Å². The van der Waals surface area contributed by atoms with E-state index in [2.05, 4.69) is 5.32 Å². The van der Waals surface area contributed by atoms with E-state index >= 15 is 0 Å². The first-order valence-corrected chi connectivity index (χ1v) is 9.62. The number of aromatic carboxylic acids is 1. The average molecular weight is 426 g/mol. The van der Waals surface area contributed by atoms with Crippen molar-refractivity contribution in [3.05, 3.63) is 53.6 Å². The molecule has 162 valence electrons. The molecular formula is C22H22N2O7. The molecule has 0 bridgehead atoms. The molecule has 1 heterocycles. The lowest BCUT2D eigenvalue weighted by molar-refractivity contribution is -0.127. The van der Waals surface area contributed by atoms with Gasteiger partial charge in [0.2, 0.25) is 5.91 Å². The monoisotopic (exact) mass is 426 g/mol. The molecule has 1 unspecified atom stereocenters. The fourth-order valence-electron chi connectivity index (χ4n) is 3.02. The SMILES string of the molecule is CC(C)OC(=O)c1ccc(NC(=O)CN2C(=O)C(C)Oc3cc(C(=O)O)ccc32)cc1. The van der Waals surface area contributed by atoms with Crippen molar-refractivity contribution in [1.82, 2.24) is 0 Å². The maximum absolute atomic E-state index is 12.6. The van der Waals surface area contributed by atoms with Gasteiger partial charge in [-0.15, -0.1) is 0 Å². The molecule has 31 heavy (non-hydrogen) atoms. The number of ether oxygens (including phenoxy) is 2. The lowest BCUT2D eigenvalue weighted by Crippen LogP contribution is -2.47. The van der Waals surface area contributed by atoms with Crippen molar-refractivity contribution in [2.45, 2.75) is 33.0 Å². The first-order chi connectivity index (χ1) is 14.7. The molecule has 0 saturated heterocycles. The number of rotatable bonds is 6. The van der Waals surface area contributed by atoms with Gasteiger partial charge in [-0.1, -0.05) is 0 Å². The normalized spacial score (nSPS) is 15.2. The Morgan fingerprint density at radius 2 is 1.77 bits per heavy atom. The number of anilines is 2. The Hall–Kier alpha value is -3.88. The van der Waals surface area contributed by atoms with Crippen molar-refractivity contribution < 1.29 is 33.8 Å². The van der Waals surface area contributed by atoms with E-state index in [1.54, 1.807) is 26.0 Å². The molecule has 2 aromatic carbocycles. The smallest absolute Gasteiger partial charge is 0.338 e. The van der Waals surface area contributed by atoms with Crippen molar-refractivity contribution in [3.8, 4) is 5.75 Å². The molecule has 1 aliphatic rings. The van der Waals surface area contributed by atoms with E-state index in [1.165, 1.54) is 42.2 Å². The third-order valence-corrected chi connectivity index (χ3v) is 4.46. The van der Waals surface area contributed by atoms with E-state index < -0.39 is 29.9 Å². The van der Waals surface area contributed by atoms with Gasteiger partial charge in [0, 0.05) is 5.69 Å². The fourth-order valence-corrected chi connectivity index (χ4v) is 3.02. The Balaban J connectivity index is 1.72. The minimum atomic E-state index is -1.12. The molecule has 0 aromatic heterocycles. The summed E-state index contributed by atoms with van der Waals surface area (Å²) in [4.78, 5) is 49.4. The summed E-state index contributed by atoms with van der Waals surface area (Å²) in [6.45, 7) is 4.74. The third-order valence-electron chi connectivity index (χ3n) is 4.46. The number of carbonyl (C=O) groups excluding carboxylic acids is 3. The number of hydrogen-bond acceptors (Lipinski definition) is 6. The topological polar surface area (TPSA) is 122 Å². The second-order valence-electron chi connectivity index (χ2n) is 7.25. The van der Waals surface area contributed by atoms with Crippen LogP contribution in [-0.4, -0.2) is 47.6 Å². The summed E-state index contributed by atoms with van der Waals surface area (Å²) in [7, 11) is 0. The molecular weight excluding hydrogens is 404 g/mol. The number of nitrogens with zero attached hydrogens (tertiary/aromatic N) is 1. The summed E-state index contributed by atoms with van der Waals surface area (Å²) in [5, 5.41) is 11.8. The molecule has 3 rings (SSSR count). The first-order valence-electron chi connectivity index (χ1n) is 9.62. The number of esters is 1. The number of hydrogen-bond donors (Lipinski definition) is 2. The van der Waals surface area contributed by atoms with Gasteiger partial charge in [-0.3, -0.25) is 14.5 Å². The van der Waals surface area contributed by atoms with Crippen LogP contribution >= 0.6 is 0 Å². The molecule has 2 aromatic rings. The van der Waals surface area contributed by atoms with Crippen LogP contribution in [0.3, 0.4) is 0 Å². The summed E-state index contributed by atoms with van der Waals surface area (Å²) in [5.74, 6) is -2.25. The zero-order valence-corrected chi connectivity index (χ0v) is 17.2. The molecule has 0 fully saturated rings. The van der Waals surface area contributed by atoms with Crippen LogP contribution < -0.4 is 15.0 Å². The molecule has 9 heteroatoms. The van der Waals surface area contributed by atoms with E-state index in [-0.39, 0.29) is 24.0 Å². The van der Waals surface area contributed by atoms with Gasteiger partial charge in [0.1, 0.15) is 12.3 Å². The van der Waals surface area contributed by atoms with Gasteiger partial charge < -0.3 is 19.9 Å². The molecule has 1 atom stereocenters. The van der Waals surface area contributed by atoms with Gasteiger partial charge in [0.25, 0.3) is 5.91 Å². The maximum atomic E-state index is 12.6. The highest BCUT2D eigenvalue weighted by Gasteiger charge is 2.33. The highest BCUT2D eigenvalue weighted by atomic mass is 16.5. The maximum Gasteiger partial charge on any atom is 0.338 e. The van der Waals surface area contributed by atoms with Crippen molar-refractivity contribution in [2.75, 3.05) is 16.8 Å². The Bertz CT molecular complexity index is 1030. The zero-order valence-electron chi connectivity index (χ0n) is 17.2. The summed E-state index contributed by atoms with van der Waals surface area (Å²) in [6.07, 6.45) is -1.11. The predicted molar refractivity (Wildman–Crippen MR) is 111 cm³/mol. The van der Waals surface area contributed by atoms with Gasteiger partial charge in [-0.05, 0) is 63.2 Å². The number of carboxylic acid groups (broad SMARTS) is 1. The van der Waals surface area contributed by atoms with Crippen molar-refractivity contribution in [1.29, 1.82) is 0 Å². The molecule has 0 saturated carbocycles. The molecule has 0 aliphatic carbocycles. The minimum absolute atomic E-state index is 0.0146. The summed E-state index contributed by atoms with van der Waals surface area (Å²) in [6, 6.07) is 10.3. The summed E-state index contributed by atoms with van der Waals surface area (Å²) < 4.78 is 10.6. The summed E-state index contributed by atoms with van der Waals surface area (Å²) >= 11 is 0. The van der Waals surface area contributed by atoms with Crippen molar-refractivity contribution in [2.24, 2.45) is 0 Å². The third kappa shape index (κ3) is 5.00. The number of benzene rings is 2. The van der Waals surface area contributed by atoms with E-state index in [9.17, 15) is 19.2 Å². The van der Waals surface area contributed by atoms with Crippen LogP contribution in [-0.2, 0) is 14.3 Å². The van der Waals surface area contributed by atoms with E-state index in [1.807, 2.05) is 0 Å². The van der Waals surface area contributed by atoms with Gasteiger partial charge >= 0.3 is 11.9 Å². The van der Waals surface area contributed by atoms with Gasteiger partial charge in [0.15, 0.2) is 6.10 Å². The second kappa shape index (κ2) is 8.86. The fraction of sp³-hybridized carbons (Fsp3) is 0.273. The second-order valence-corrected chi connectivity index (χ2v) is 7.25. The molecule has 1 aliphatic heterocycles. The van der Waals surface area contributed by atoms with Gasteiger partial charge in [-0.25, -0.2) is 9.59 Å². The average Bonchev–Trinajstić information content (AvgIpc) is 2.70. The van der Waals surface area contributed by atoms with Crippen LogP contribution in [0.1, 0.15) is 41.5 Å². The first kappa shape index (κ1) is 21.8. The number of carboxylic acids is 1. The van der Waals surface area contributed by atoms with E-state index in [0.29, 0.717) is 16.9 Å². The Morgan fingerprint density at radius 3 is 2.39 bits per heavy atom. The lowest BCUT2D eigenvalue weighted by atomic mass is 10.1. The Kier molecular flexibility index (Phi) is 6.24. The zero-order chi connectivity index (χ0) is 22.7. The molecule has 0 radical (unpaired) electrons. The van der Waals surface area contributed by atoms with Gasteiger partial charge in [0.05, 0.1) is 22.9 Å². The highest BCUT2D eigenvalue weighted by Crippen LogP contribution is 2.34. The van der Waals surface area contributed by atoms with Gasteiger partial charge in [-0.2, -0.15) is 0 Å². The van der Waals surface area contributed by atoms with Crippen LogP contribution in [0, 0.1) is 0 Å². The molecule has 9 nitrogen and oxygen atoms in total. The largest absolute Gasteiger partial charge is 0.479 e. The van der Waals surface area contributed by atoms with Crippen LogP contribution in [0.15, 0.2) is 42.5 Å². The Labute approximate surface area is 178 Å². The number of fused-ring (bicyclic) bond motifs is 1. The highest BCUT2D eigenvalue weighted by molar-refractivity contribution is 6.06. The van der Waals surface area contributed by atoms with Crippen LogP contribution in [0.25, 0.3) is 0 Å². The number of amides is 2. The number of carbonyl (C=O) groups is 4. The van der Waals surface area contributed by atoms with Crippen LogP contribution in [0.2, 0.25) is 0 Å². The van der Waals surface area contributed by atoms with Crippen LogP contribution in [0.5, 0.6) is 5.75 Å². The van der Waals surface area contributed by atoms with Crippen LogP contribution in [0.4, 0.5) is 11.4 Å².